The molecule has 1 aromatic heterocycles. The van der Waals surface area contributed by atoms with Crippen LogP contribution in [0, 0.1) is 5.41 Å². The van der Waals surface area contributed by atoms with Crippen molar-refractivity contribution in [3.63, 3.8) is 0 Å². The van der Waals surface area contributed by atoms with Crippen LogP contribution in [-0.4, -0.2) is 47.1 Å². The Morgan fingerprint density at radius 2 is 1.93 bits per heavy atom. The van der Waals surface area contributed by atoms with Crippen LogP contribution >= 0.6 is 0 Å². The predicted octanol–water partition coefficient (Wildman–Crippen LogP) is 3.10. The maximum Gasteiger partial charge on any atom is 0.226 e. The lowest BCUT2D eigenvalue weighted by molar-refractivity contribution is -0.127. The summed E-state index contributed by atoms with van der Waals surface area (Å²) >= 11 is 0. The van der Waals surface area contributed by atoms with Gasteiger partial charge in [-0.1, -0.05) is 24.3 Å². The first-order valence-corrected chi connectivity index (χ1v) is 9.82. The zero-order valence-electron chi connectivity index (χ0n) is 17.6. The summed E-state index contributed by atoms with van der Waals surface area (Å²) in [5, 5.41) is 2.28. The van der Waals surface area contributed by atoms with E-state index in [4.69, 9.17) is 10.5 Å². The summed E-state index contributed by atoms with van der Waals surface area (Å²) in [5.74, 6) is 0.375. The second-order valence-electron chi connectivity index (χ2n) is 8.46. The summed E-state index contributed by atoms with van der Waals surface area (Å²) in [6.45, 7) is 4.72. The molecule has 29 heavy (non-hydrogen) atoms. The number of carbonyl (C=O) groups is 1. The van der Waals surface area contributed by atoms with E-state index in [9.17, 15) is 4.79 Å². The minimum atomic E-state index is -0.699. The number of imidazole rings is 1. The maximum atomic E-state index is 11.5. The lowest BCUT2D eigenvalue weighted by Crippen LogP contribution is -2.36. The van der Waals surface area contributed by atoms with Crippen molar-refractivity contribution in [3.05, 3.63) is 60.7 Å². The van der Waals surface area contributed by atoms with Gasteiger partial charge in [-0.05, 0) is 62.8 Å². The van der Waals surface area contributed by atoms with Gasteiger partial charge in [-0.2, -0.15) is 0 Å². The van der Waals surface area contributed by atoms with Crippen LogP contribution in [0.2, 0.25) is 0 Å². The first kappa shape index (κ1) is 20.9. The van der Waals surface area contributed by atoms with Gasteiger partial charge < -0.3 is 19.9 Å². The molecule has 0 aliphatic rings. The van der Waals surface area contributed by atoms with Gasteiger partial charge in [0, 0.05) is 25.0 Å². The highest BCUT2D eigenvalue weighted by Gasteiger charge is 2.25. The summed E-state index contributed by atoms with van der Waals surface area (Å²) in [6.07, 6.45) is 6.62. The SMILES string of the molecule is CN(C)C(Cc1ccc2cc(OCC(C)(C)C(N)=O)ccc2c1)Cn1ccnc1. The largest absolute Gasteiger partial charge is 0.492 e. The molecule has 6 heteroatoms. The van der Waals surface area contributed by atoms with Gasteiger partial charge in [-0.15, -0.1) is 0 Å². The predicted molar refractivity (Wildman–Crippen MR) is 116 cm³/mol. The smallest absolute Gasteiger partial charge is 0.226 e. The van der Waals surface area contributed by atoms with Crippen LogP contribution in [0.25, 0.3) is 10.8 Å². The Morgan fingerprint density at radius 3 is 2.59 bits per heavy atom. The third-order valence-electron chi connectivity index (χ3n) is 5.33. The Labute approximate surface area is 172 Å². The zero-order chi connectivity index (χ0) is 21.0. The van der Waals surface area contributed by atoms with Gasteiger partial charge in [0.1, 0.15) is 12.4 Å². The molecule has 2 aromatic carbocycles. The van der Waals surface area contributed by atoms with Crippen molar-refractivity contribution in [2.24, 2.45) is 11.1 Å². The zero-order valence-corrected chi connectivity index (χ0v) is 17.6. The molecular weight excluding hydrogens is 364 g/mol. The summed E-state index contributed by atoms with van der Waals surface area (Å²) in [7, 11) is 4.22. The van der Waals surface area contributed by atoms with Crippen LogP contribution in [-0.2, 0) is 17.8 Å². The normalized spacial score (nSPS) is 13.0. The summed E-state index contributed by atoms with van der Waals surface area (Å²) in [5.41, 5.74) is 6.01. The maximum absolute atomic E-state index is 11.5. The van der Waals surface area contributed by atoms with Gasteiger partial charge >= 0.3 is 0 Å². The highest BCUT2D eigenvalue weighted by molar-refractivity contribution is 5.84. The minimum absolute atomic E-state index is 0.255. The third kappa shape index (κ3) is 5.35. The van der Waals surface area contributed by atoms with E-state index in [0.717, 1.165) is 24.1 Å². The highest BCUT2D eigenvalue weighted by Crippen LogP contribution is 2.25. The van der Waals surface area contributed by atoms with Gasteiger partial charge in [0.2, 0.25) is 5.91 Å². The number of carbonyl (C=O) groups excluding carboxylic acids is 1. The average molecular weight is 395 g/mol. The van der Waals surface area contributed by atoms with E-state index in [1.165, 1.54) is 10.9 Å². The van der Waals surface area contributed by atoms with E-state index in [-0.39, 0.29) is 12.5 Å². The fourth-order valence-corrected chi connectivity index (χ4v) is 3.15. The first-order valence-electron chi connectivity index (χ1n) is 9.82. The molecule has 2 N–H and O–H groups in total. The van der Waals surface area contributed by atoms with Gasteiger partial charge in [0.15, 0.2) is 0 Å². The number of benzene rings is 2. The Morgan fingerprint density at radius 1 is 1.21 bits per heavy atom. The number of nitrogens with two attached hydrogens (primary N) is 1. The van der Waals surface area contributed by atoms with Crippen molar-refractivity contribution in [1.29, 1.82) is 0 Å². The highest BCUT2D eigenvalue weighted by atomic mass is 16.5. The molecule has 0 radical (unpaired) electrons. The monoisotopic (exact) mass is 394 g/mol. The second-order valence-corrected chi connectivity index (χ2v) is 8.46. The number of hydrogen-bond acceptors (Lipinski definition) is 4. The van der Waals surface area contributed by atoms with Crippen LogP contribution in [0.4, 0.5) is 0 Å². The summed E-state index contributed by atoms with van der Waals surface area (Å²) in [4.78, 5) is 17.9. The van der Waals surface area contributed by atoms with E-state index in [2.05, 4.69) is 52.8 Å². The topological polar surface area (TPSA) is 73.4 Å². The van der Waals surface area contributed by atoms with E-state index >= 15 is 0 Å². The molecule has 0 bridgehead atoms. The molecule has 3 aromatic rings. The molecule has 0 aliphatic heterocycles. The molecule has 1 atom stereocenters. The number of nitrogens with zero attached hydrogens (tertiary/aromatic N) is 3. The number of hydrogen-bond donors (Lipinski definition) is 1. The standard InChI is InChI=1S/C23H30N4O2/c1-23(2,22(24)28)15-29-21-8-7-18-11-17(5-6-19(18)13-21)12-20(26(3)4)14-27-10-9-25-16-27/h5-11,13,16,20H,12,14-15H2,1-4H3,(H2,24,28). The molecule has 3 rings (SSSR count). The van der Waals surface area contributed by atoms with Crippen LogP contribution in [0.1, 0.15) is 19.4 Å². The number of amides is 1. The number of primary amides is 1. The fourth-order valence-electron chi connectivity index (χ4n) is 3.15. The molecule has 0 spiro atoms. The van der Waals surface area contributed by atoms with Crippen molar-refractivity contribution < 1.29 is 9.53 Å². The summed E-state index contributed by atoms with van der Waals surface area (Å²) in [6, 6.07) is 12.9. The number of ether oxygens (including phenoxy) is 1. The quantitative estimate of drug-likeness (QED) is 0.605. The summed E-state index contributed by atoms with van der Waals surface area (Å²) < 4.78 is 7.92. The molecule has 154 valence electrons. The van der Waals surface area contributed by atoms with E-state index in [0.29, 0.717) is 6.04 Å². The van der Waals surface area contributed by atoms with Gasteiger partial charge in [-0.3, -0.25) is 4.79 Å². The van der Waals surface area contributed by atoms with Crippen LogP contribution in [0.15, 0.2) is 55.1 Å². The number of fused-ring (bicyclic) bond motifs is 1. The second kappa shape index (κ2) is 8.66. The Bertz CT molecular complexity index is 964. The van der Waals surface area contributed by atoms with Crippen molar-refractivity contribution in [1.82, 2.24) is 14.5 Å². The molecule has 1 heterocycles. The van der Waals surface area contributed by atoms with E-state index in [1.54, 1.807) is 13.8 Å². The van der Waals surface area contributed by atoms with Gasteiger partial charge in [-0.25, -0.2) is 4.98 Å². The molecule has 0 saturated heterocycles. The van der Waals surface area contributed by atoms with Crippen LogP contribution < -0.4 is 10.5 Å². The van der Waals surface area contributed by atoms with Gasteiger partial charge in [0.25, 0.3) is 0 Å². The van der Waals surface area contributed by atoms with E-state index < -0.39 is 5.41 Å². The van der Waals surface area contributed by atoms with E-state index in [1.807, 2.05) is 30.9 Å². The van der Waals surface area contributed by atoms with Gasteiger partial charge in [0.05, 0.1) is 11.7 Å². The van der Waals surface area contributed by atoms with Crippen molar-refractivity contribution in [2.75, 3.05) is 20.7 Å². The first-order chi connectivity index (χ1) is 13.7. The Balaban J connectivity index is 1.72. The molecule has 0 saturated carbocycles. The number of aromatic nitrogens is 2. The minimum Gasteiger partial charge on any atom is -0.492 e. The fraction of sp³-hybridized carbons (Fsp3) is 0.391. The van der Waals surface area contributed by atoms with Crippen LogP contribution in [0.3, 0.4) is 0 Å². The Kier molecular flexibility index (Phi) is 6.23. The molecule has 0 aliphatic carbocycles. The molecule has 1 unspecified atom stereocenters. The molecular formula is C23H30N4O2. The number of rotatable bonds is 9. The molecule has 6 nitrogen and oxygen atoms in total. The lowest BCUT2D eigenvalue weighted by Gasteiger charge is -2.25. The van der Waals surface area contributed by atoms with Crippen molar-refractivity contribution >= 4 is 16.7 Å². The lowest BCUT2D eigenvalue weighted by atomic mass is 9.94. The molecule has 0 fully saturated rings. The van der Waals surface area contributed by atoms with Crippen molar-refractivity contribution in [3.8, 4) is 5.75 Å². The third-order valence-corrected chi connectivity index (χ3v) is 5.33. The Hall–Kier alpha value is -2.86. The number of likely N-dealkylation sites (N-methyl/N-ethyl adjacent to an activating group) is 1. The van der Waals surface area contributed by atoms with Crippen molar-refractivity contribution in [2.45, 2.75) is 32.9 Å². The van der Waals surface area contributed by atoms with Crippen LogP contribution in [0.5, 0.6) is 5.75 Å². The average Bonchev–Trinajstić information content (AvgIpc) is 3.18. The molecule has 1 amide bonds.